The highest BCUT2D eigenvalue weighted by molar-refractivity contribution is 6.46. The second-order valence-electron chi connectivity index (χ2n) is 8.01. The Morgan fingerprint density at radius 3 is 2.59 bits per heavy atom. The zero-order valence-corrected chi connectivity index (χ0v) is 16.4. The first-order chi connectivity index (χ1) is 13.3. The van der Waals surface area contributed by atoms with Gasteiger partial charge in [-0.3, -0.25) is 9.97 Å². The van der Waals surface area contributed by atoms with Crippen LogP contribution in [0.5, 0.6) is 0 Å². The van der Waals surface area contributed by atoms with E-state index >= 15 is 0 Å². The third-order valence-corrected chi connectivity index (χ3v) is 4.27. The molecule has 1 aliphatic rings. The molecule has 2 aromatic heterocycles. The summed E-state index contributed by atoms with van der Waals surface area (Å²) in [6.45, 7) is 5.08. The Bertz CT molecular complexity index is 950. The molecule has 1 aliphatic heterocycles. The number of ether oxygens (including phenoxy) is 1. The van der Waals surface area contributed by atoms with Gasteiger partial charge in [0.05, 0.1) is 55.2 Å². The van der Waals surface area contributed by atoms with Gasteiger partial charge in [0.25, 0.3) is 0 Å². The number of rotatable bonds is 2. The molecule has 3 heterocycles. The minimum absolute atomic E-state index is 0.0123. The van der Waals surface area contributed by atoms with Gasteiger partial charge in [-0.1, -0.05) is 0 Å². The molecule has 0 aliphatic carbocycles. The molecule has 11 heteroatoms. The lowest BCUT2D eigenvalue weighted by molar-refractivity contribution is 0.00869. The predicted octanol–water partition coefficient (Wildman–Crippen LogP) is 1.59. The third kappa shape index (κ3) is 4.28. The Labute approximate surface area is 174 Å². The van der Waals surface area contributed by atoms with E-state index in [4.69, 9.17) is 36.1 Å². The van der Waals surface area contributed by atoms with Gasteiger partial charge in [0, 0.05) is 11.9 Å². The highest BCUT2D eigenvalue weighted by atomic mass is 19.1. The van der Waals surface area contributed by atoms with Gasteiger partial charge in [-0.2, -0.15) is 0 Å². The number of amides is 1. The van der Waals surface area contributed by atoms with Crippen molar-refractivity contribution >= 4 is 48.9 Å². The smallest absolute Gasteiger partial charge is 0.408 e. The van der Waals surface area contributed by atoms with Crippen molar-refractivity contribution in [2.24, 2.45) is 0 Å². The average molecular weight is 384 g/mol. The normalized spacial score (nSPS) is 17.3. The first kappa shape index (κ1) is 21.3. The molecule has 3 rings (SSSR count). The van der Waals surface area contributed by atoms with Crippen LogP contribution in [0.15, 0.2) is 30.7 Å². The van der Waals surface area contributed by atoms with E-state index in [-0.39, 0.29) is 12.1 Å². The number of nitrogens with one attached hydrogen (secondary N) is 1. The molecule has 2 aromatic rings. The number of aromatic nitrogens is 2. The van der Waals surface area contributed by atoms with Crippen molar-refractivity contribution < 1.29 is 13.9 Å². The van der Waals surface area contributed by atoms with Crippen molar-refractivity contribution in [2.75, 3.05) is 5.32 Å². The molecule has 6 nitrogen and oxygen atoms in total. The second kappa shape index (κ2) is 7.11. The molecule has 140 valence electrons. The number of fused-ring (bicyclic) bond motifs is 1. The van der Waals surface area contributed by atoms with Crippen LogP contribution in [0.1, 0.15) is 32.0 Å². The molecule has 29 heavy (non-hydrogen) atoms. The van der Waals surface area contributed by atoms with Crippen LogP contribution < -0.4 is 5.32 Å². The number of pyridine rings is 2. The Balaban J connectivity index is 2.00. The maximum absolute atomic E-state index is 13.9. The van der Waals surface area contributed by atoms with Gasteiger partial charge < -0.3 is 15.0 Å². The summed E-state index contributed by atoms with van der Waals surface area (Å²) in [6, 6.07) is 3.03. The van der Waals surface area contributed by atoms with Crippen LogP contribution >= 0.6 is 0 Å². The van der Waals surface area contributed by atoms with Crippen LogP contribution in [-0.4, -0.2) is 63.3 Å². The van der Waals surface area contributed by atoms with Crippen molar-refractivity contribution in [2.45, 2.75) is 43.5 Å². The molecular formula is C18H17B4FN4O2. The van der Waals surface area contributed by atoms with Crippen molar-refractivity contribution in [1.82, 2.24) is 14.9 Å². The highest BCUT2D eigenvalue weighted by Gasteiger charge is 2.47. The van der Waals surface area contributed by atoms with Gasteiger partial charge in [0.1, 0.15) is 5.60 Å². The summed E-state index contributed by atoms with van der Waals surface area (Å²) in [5, 5.41) is -0.763. The quantitative estimate of drug-likeness (QED) is 0.798. The Kier molecular flexibility index (Phi) is 5.22. The van der Waals surface area contributed by atoms with E-state index in [0.717, 1.165) is 11.1 Å². The first-order valence-electron chi connectivity index (χ1n) is 8.86. The maximum atomic E-state index is 13.9. The summed E-state index contributed by atoms with van der Waals surface area (Å²) < 4.78 is 19.3. The van der Waals surface area contributed by atoms with Crippen LogP contribution in [0.4, 0.5) is 20.6 Å². The number of carbonyl (C=O) groups is 1. The van der Waals surface area contributed by atoms with Crippen molar-refractivity contribution in [3.8, 4) is 0 Å². The first-order valence-corrected chi connectivity index (χ1v) is 8.86. The number of hydrogen-bond acceptors (Lipinski definition) is 5. The van der Waals surface area contributed by atoms with Gasteiger partial charge in [0.15, 0.2) is 5.82 Å². The Morgan fingerprint density at radius 2 is 1.97 bits per heavy atom. The summed E-state index contributed by atoms with van der Waals surface area (Å²) in [7, 11) is 24.9. The number of carbonyl (C=O) groups excluding carboxylic acids is 1. The van der Waals surface area contributed by atoms with Crippen LogP contribution in [0.25, 0.3) is 0 Å². The zero-order valence-electron chi connectivity index (χ0n) is 16.4. The fourth-order valence-corrected chi connectivity index (χ4v) is 3.12. The van der Waals surface area contributed by atoms with Gasteiger partial charge in [-0.25, -0.2) is 9.18 Å². The molecule has 8 radical (unpaired) electrons. The van der Waals surface area contributed by atoms with Crippen molar-refractivity contribution in [3.05, 3.63) is 47.8 Å². The van der Waals surface area contributed by atoms with Crippen LogP contribution in [0.3, 0.4) is 0 Å². The summed E-state index contributed by atoms with van der Waals surface area (Å²) in [6.07, 6.45) is 3.10. The summed E-state index contributed by atoms with van der Waals surface area (Å²) >= 11 is 0. The molecular weight excluding hydrogens is 366 g/mol. The molecule has 0 bridgehead atoms. The molecule has 1 amide bonds. The van der Waals surface area contributed by atoms with Crippen molar-refractivity contribution in [1.29, 1.82) is 0 Å². The molecule has 0 saturated heterocycles. The van der Waals surface area contributed by atoms with Crippen LogP contribution in [0, 0.1) is 5.82 Å². The second-order valence-corrected chi connectivity index (χ2v) is 8.01. The van der Waals surface area contributed by atoms with E-state index in [0.29, 0.717) is 16.9 Å². The summed E-state index contributed by atoms with van der Waals surface area (Å²) in [5.74, 6) is -0.546. The van der Waals surface area contributed by atoms with E-state index in [1.54, 1.807) is 26.8 Å². The Hall–Kier alpha value is -2.44. The molecule has 1 N–H and O–H groups in total. The van der Waals surface area contributed by atoms with E-state index in [1.165, 1.54) is 18.5 Å². The molecule has 0 saturated carbocycles. The van der Waals surface area contributed by atoms with Crippen molar-refractivity contribution in [3.63, 3.8) is 0 Å². The summed E-state index contributed by atoms with van der Waals surface area (Å²) in [4.78, 5) is 21.7. The van der Waals surface area contributed by atoms with Gasteiger partial charge in [0.2, 0.25) is 0 Å². The largest absolute Gasteiger partial charge is 0.444 e. The van der Waals surface area contributed by atoms with Crippen LogP contribution in [0.2, 0.25) is 0 Å². The lowest BCUT2D eigenvalue weighted by Crippen LogP contribution is -2.67. The SMILES string of the molecule is [B]C1([B])Cc2ncc(Nc3ccncc3F)cc2C([B])([B])N1C(=O)OC(C)(C)C. The lowest BCUT2D eigenvalue weighted by Gasteiger charge is -2.54. The third-order valence-electron chi connectivity index (χ3n) is 4.27. The minimum atomic E-state index is -1.92. The minimum Gasteiger partial charge on any atom is -0.444 e. The summed E-state index contributed by atoms with van der Waals surface area (Å²) in [5.41, 5.74) is 0.493. The molecule has 0 fully saturated rings. The van der Waals surface area contributed by atoms with Crippen LogP contribution in [-0.2, 0) is 16.5 Å². The van der Waals surface area contributed by atoms with Gasteiger partial charge in [-0.05, 0) is 55.6 Å². The standard InChI is InChI=1S/C18H17B4FN4O2/c1-16(2,3)29-15(28)27-17(19,20)7-14-11(18(27,21)22)6-10(8-25-14)26-13-4-5-24-9-12(13)23/h4-6,8-9H,7H2,1-3H3,(H,24,26). The number of hydrogen-bond donors (Lipinski definition) is 1. The van der Waals surface area contributed by atoms with Gasteiger partial charge in [-0.15, -0.1) is 0 Å². The topological polar surface area (TPSA) is 67.4 Å². The zero-order chi connectivity index (χ0) is 21.6. The molecule has 0 atom stereocenters. The maximum Gasteiger partial charge on any atom is 0.408 e. The fraction of sp³-hybridized carbons (Fsp3) is 0.389. The Morgan fingerprint density at radius 1 is 1.28 bits per heavy atom. The number of nitrogens with zero attached hydrogens (tertiary/aromatic N) is 3. The number of anilines is 2. The van der Waals surface area contributed by atoms with E-state index in [9.17, 15) is 9.18 Å². The predicted molar refractivity (Wildman–Crippen MR) is 111 cm³/mol. The molecule has 0 unspecified atom stereocenters. The molecule has 0 spiro atoms. The van der Waals surface area contributed by atoms with Gasteiger partial charge >= 0.3 is 6.09 Å². The fourth-order valence-electron chi connectivity index (χ4n) is 3.12. The number of halogens is 1. The lowest BCUT2D eigenvalue weighted by atomic mass is 9.46. The average Bonchev–Trinajstić information content (AvgIpc) is 2.54. The van der Waals surface area contributed by atoms with E-state index < -0.39 is 28.2 Å². The van der Waals surface area contributed by atoms with E-state index in [2.05, 4.69) is 15.3 Å². The highest BCUT2D eigenvalue weighted by Crippen LogP contribution is 2.38. The molecule has 0 aromatic carbocycles. The monoisotopic (exact) mass is 384 g/mol. The van der Waals surface area contributed by atoms with E-state index in [1.807, 2.05) is 0 Å².